The quantitative estimate of drug-likeness (QED) is 0.856. The van der Waals surface area contributed by atoms with Crippen LogP contribution in [0, 0.1) is 5.92 Å². The normalized spacial score (nSPS) is 18.6. The molecule has 2 rings (SSSR count). The van der Waals surface area contributed by atoms with Gasteiger partial charge in [0, 0.05) is 37.8 Å². The van der Waals surface area contributed by atoms with Gasteiger partial charge in [-0.25, -0.2) is 0 Å². The topological polar surface area (TPSA) is 96.5 Å². The molecule has 0 saturated carbocycles. The van der Waals surface area contributed by atoms with Crippen molar-refractivity contribution in [2.75, 3.05) is 13.1 Å². The van der Waals surface area contributed by atoms with E-state index in [-0.39, 0.29) is 23.7 Å². The van der Waals surface area contributed by atoms with Gasteiger partial charge in [0.25, 0.3) is 0 Å². The van der Waals surface area contributed by atoms with Crippen molar-refractivity contribution in [2.24, 2.45) is 5.92 Å². The van der Waals surface area contributed by atoms with Gasteiger partial charge in [-0.3, -0.25) is 9.59 Å². The average Bonchev–Trinajstić information content (AvgIpc) is 3.00. The molecule has 1 N–H and O–H groups in total. The summed E-state index contributed by atoms with van der Waals surface area (Å²) in [6, 6.07) is 0. The van der Waals surface area contributed by atoms with E-state index in [1.165, 1.54) is 0 Å². The Morgan fingerprint density at radius 1 is 1.33 bits per heavy atom. The Morgan fingerprint density at radius 2 is 2.08 bits per heavy atom. The van der Waals surface area contributed by atoms with Crippen LogP contribution in [-0.4, -0.2) is 45.1 Å². The molecule has 1 aromatic rings. The number of hydrogen-bond acceptors (Lipinski definition) is 5. The molecule has 1 aromatic heterocycles. The molecule has 0 bridgehead atoms. The Balaban J connectivity index is 1.81. The summed E-state index contributed by atoms with van der Waals surface area (Å²) in [4.78, 5) is 29.3. The molecular weight excluding hydrogens is 310 g/mol. The zero-order valence-electron chi connectivity index (χ0n) is 14.7. The molecule has 0 aliphatic carbocycles. The first-order chi connectivity index (χ1) is 11.3. The zero-order valence-corrected chi connectivity index (χ0v) is 14.7. The van der Waals surface area contributed by atoms with Crippen LogP contribution in [0.1, 0.15) is 64.6 Å². The zero-order chi connectivity index (χ0) is 17.7. The van der Waals surface area contributed by atoms with Gasteiger partial charge in [-0.2, -0.15) is 4.98 Å². The van der Waals surface area contributed by atoms with E-state index in [1.807, 2.05) is 25.7 Å². The highest BCUT2D eigenvalue weighted by Gasteiger charge is 2.25. The Morgan fingerprint density at radius 3 is 2.71 bits per heavy atom. The predicted octanol–water partition coefficient (Wildman–Crippen LogP) is 2.40. The number of aryl methyl sites for hydroxylation is 1. The van der Waals surface area contributed by atoms with Gasteiger partial charge in [0.05, 0.1) is 0 Å². The number of carbonyl (C=O) groups is 2. The maximum atomic E-state index is 12.4. The van der Waals surface area contributed by atoms with Gasteiger partial charge in [-0.15, -0.1) is 0 Å². The number of nitrogens with zero attached hydrogens (tertiary/aromatic N) is 3. The number of aromatic nitrogens is 2. The average molecular weight is 337 g/mol. The van der Waals surface area contributed by atoms with E-state index < -0.39 is 5.97 Å². The summed E-state index contributed by atoms with van der Waals surface area (Å²) in [5, 5.41) is 12.7. The molecule has 7 heteroatoms. The Bertz CT molecular complexity index is 577. The molecule has 1 saturated heterocycles. The van der Waals surface area contributed by atoms with Gasteiger partial charge >= 0.3 is 5.97 Å². The molecule has 1 aliphatic heterocycles. The molecule has 0 unspecified atom stereocenters. The number of piperidine rings is 1. The van der Waals surface area contributed by atoms with Crippen molar-refractivity contribution < 1.29 is 19.2 Å². The molecule has 134 valence electrons. The SMILES string of the molecule is CC(C)(C)c1noc(CCC(=O)N2CCC[C@@H](CCC(=O)O)C2)n1. The maximum Gasteiger partial charge on any atom is 0.303 e. The number of rotatable bonds is 6. The van der Waals surface area contributed by atoms with Crippen LogP contribution in [0.5, 0.6) is 0 Å². The smallest absolute Gasteiger partial charge is 0.303 e. The number of aliphatic carboxylic acids is 1. The predicted molar refractivity (Wildman–Crippen MR) is 87.5 cm³/mol. The first-order valence-electron chi connectivity index (χ1n) is 8.58. The number of likely N-dealkylation sites (tertiary alicyclic amines) is 1. The highest BCUT2D eigenvalue weighted by atomic mass is 16.5. The van der Waals surface area contributed by atoms with Gasteiger partial charge < -0.3 is 14.5 Å². The summed E-state index contributed by atoms with van der Waals surface area (Å²) in [6.07, 6.45) is 3.53. The molecule has 0 aromatic carbocycles. The van der Waals surface area contributed by atoms with Gasteiger partial charge in [0.15, 0.2) is 5.82 Å². The van der Waals surface area contributed by atoms with Crippen LogP contribution >= 0.6 is 0 Å². The lowest BCUT2D eigenvalue weighted by molar-refractivity contribution is -0.137. The fourth-order valence-corrected chi connectivity index (χ4v) is 2.89. The van der Waals surface area contributed by atoms with E-state index >= 15 is 0 Å². The summed E-state index contributed by atoms with van der Waals surface area (Å²) in [5.41, 5.74) is -0.171. The lowest BCUT2D eigenvalue weighted by Crippen LogP contribution is -2.40. The molecule has 7 nitrogen and oxygen atoms in total. The first-order valence-corrected chi connectivity index (χ1v) is 8.58. The Kier molecular flexibility index (Phi) is 5.96. The number of carboxylic acids is 1. The van der Waals surface area contributed by atoms with Crippen molar-refractivity contribution in [1.29, 1.82) is 0 Å². The molecule has 1 amide bonds. The molecule has 1 aliphatic rings. The summed E-state index contributed by atoms with van der Waals surface area (Å²) in [7, 11) is 0. The third-order valence-electron chi connectivity index (χ3n) is 4.33. The third kappa shape index (κ3) is 5.32. The molecular formula is C17H27N3O4. The summed E-state index contributed by atoms with van der Waals surface area (Å²) in [6.45, 7) is 7.44. The van der Waals surface area contributed by atoms with Crippen LogP contribution < -0.4 is 0 Å². The second kappa shape index (κ2) is 7.77. The van der Waals surface area contributed by atoms with E-state index in [0.717, 1.165) is 19.4 Å². The van der Waals surface area contributed by atoms with Crippen molar-refractivity contribution in [1.82, 2.24) is 15.0 Å². The number of amides is 1. The van der Waals surface area contributed by atoms with E-state index in [2.05, 4.69) is 10.1 Å². The van der Waals surface area contributed by atoms with Crippen molar-refractivity contribution in [2.45, 2.75) is 64.7 Å². The van der Waals surface area contributed by atoms with Crippen LogP contribution in [0.3, 0.4) is 0 Å². The van der Waals surface area contributed by atoms with Crippen LogP contribution in [0.25, 0.3) is 0 Å². The van der Waals surface area contributed by atoms with Gasteiger partial charge in [-0.05, 0) is 25.2 Å². The Hall–Kier alpha value is -1.92. The van der Waals surface area contributed by atoms with Crippen molar-refractivity contribution in [3.63, 3.8) is 0 Å². The largest absolute Gasteiger partial charge is 0.481 e. The lowest BCUT2D eigenvalue weighted by Gasteiger charge is -2.32. The number of hydrogen-bond donors (Lipinski definition) is 1. The van der Waals surface area contributed by atoms with Crippen molar-refractivity contribution in [3.8, 4) is 0 Å². The molecule has 0 radical (unpaired) electrons. The van der Waals surface area contributed by atoms with E-state index in [1.54, 1.807) is 0 Å². The fraction of sp³-hybridized carbons (Fsp3) is 0.765. The van der Waals surface area contributed by atoms with Gasteiger partial charge in [0.1, 0.15) is 0 Å². The molecule has 24 heavy (non-hydrogen) atoms. The second-order valence-corrected chi connectivity index (χ2v) is 7.54. The molecule has 1 atom stereocenters. The van der Waals surface area contributed by atoms with E-state index in [4.69, 9.17) is 9.63 Å². The minimum atomic E-state index is -0.774. The van der Waals surface area contributed by atoms with Crippen LogP contribution in [0.4, 0.5) is 0 Å². The van der Waals surface area contributed by atoms with E-state index in [0.29, 0.717) is 37.5 Å². The molecule has 0 spiro atoms. The third-order valence-corrected chi connectivity index (χ3v) is 4.33. The highest BCUT2D eigenvalue weighted by Crippen LogP contribution is 2.22. The van der Waals surface area contributed by atoms with Crippen molar-refractivity contribution in [3.05, 3.63) is 11.7 Å². The minimum absolute atomic E-state index is 0.0746. The summed E-state index contributed by atoms with van der Waals surface area (Å²) < 4.78 is 5.22. The van der Waals surface area contributed by atoms with Crippen LogP contribution in [0.2, 0.25) is 0 Å². The minimum Gasteiger partial charge on any atom is -0.481 e. The van der Waals surface area contributed by atoms with Gasteiger partial charge in [-0.1, -0.05) is 25.9 Å². The Labute approximate surface area is 142 Å². The number of carbonyl (C=O) groups excluding carboxylic acids is 1. The highest BCUT2D eigenvalue weighted by molar-refractivity contribution is 5.76. The standard InChI is InChI=1S/C17H27N3O4/c1-17(2,3)16-18-13(24-19-16)7-8-14(21)20-10-4-5-12(11-20)6-9-15(22)23/h12H,4-11H2,1-3H3,(H,22,23)/t12-/m0/s1. The van der Waals surface area contributed by atoms with Crippen molar-refractivity contribution >= 4 is 11.9 Å². The summed E-state index contributed by atoms with van der Waals surface area (Å²) in [5.74, 6) is 0.731. The van der Waals surface area contributed by atoms with E-state index in [9.17, 15) is 9.59 Å². The summed E-state index contributed by atoms with van der Waals surface area (Å²) >= 11 is 0. The fourth-order valence-electron chi connectivity index (χ4n) is 2.89. The van der Waals surface area contributed by atoms with Crippen LogP contribution in [-0.2, 0) is 21.4 Å². The maximum absolute atomic E-state index is 12.4. The van der Waals surface area contributed by atoms with Gasteiger partial charge in [0.2, 0.25) is 11.8 Å². The molecule has 2 heterocycles. The second-order valence-electron chi connectivity index (χ2n) is 7.54. The first kappa shape index (κ1) is 18.4. The van der Waals surface area contributed by atoms with Crippen LogP contribution in [0.15, 0.2) is 4.52 Å². The number of carboxylic acid groups (broad SMARTS) is 1. The monoisotopic (exact) mass is 337 g/mol. The lowest BCUT2D eigenvalue weighted by atomic mass is 9.93. The molecule has 1 fully saturated rings.